The predicted molar refractivity (Wildman–Crippen MR) is 83.9 cm³/mol. The monoisotopic (exact) mass is 290 g/mol. The molecule has 0 spiro atoms. The van der Waals surface area contributed by atoms with Crippen molar-refractivity contribution in [3.8, 4) is 0 Å². The second-order valence-electron chi connectivity index (χ2n) is 8.79. The lowest BCUT2D eigenvalue weighted by Crippen LogP contribution is -2.59. The average Bonchev–Trinajstić information content (AvgIpc) is 2.76. The minimum atomic E-state index is -0.136. The average molecular weight is 290 g/mol. The molecule has 5 rings (SSSR count). The van der Waals surface area contributed by atoms with Gasteiger partial charge in [-0.3, -0.25) is 0 Å². The standard InChI is InChI=1S/C18H26OS/c1-16-7-13-8-17(2,10-16)12-18(9-13,11-16)15(19)6-14-4-3-5-20-14/h3-5,13,15,19H,6-12H2,1-2H3. The van der Waals surface area contributed by atoms with E-state index in [0.29, 0.717) is 10.8 Å². The molecule has 0 amide bonds. The summed E-state index contributed by atoms with van der Waals surface area (Å²) in [5.74, 6) is 0.874. The quantitative estimate of drug-likeness (QED) is 0.859. The summed E-state index contributed by atoms with van der Waals surface area (Å²) < 4.78 is 0. The zero-order chi connectivity index (χ0) is 14.0. The van der Waals surface area contributed by atoms with Crippen molar-refractivity contribution in [2.45, 2.75) is 64.9 Å². The van der Waals surface area contributed by atoms with Crippen molar-refractivity contribution in [2.24, 2.45) is 22.2 Å². The number of hydrogen-bond donors (Lipinski definition) is 1. The van der Waals surface area contributed by atoms with Gasteiger partial charge in [-0.2, -0.15) is 0 Å². The summed E-state index contributed by atoms with van der Waals surface area (Å²) >= 11 is 1.79. The Bertz CT molecular complexity index is 487. The van der Waals surface area contributed by atoms with Crippen molar-refractivity contribution in [1.29, 1.82) is 0 Å². The summed E-state index contributed by atoms with van der Waals surface area (Å²) in [6, 6.07) is 4.28. The van der Waals surface area contributed by atoms with Gasteiger partial charge < -0.3 is 5.11 Å². The molecule has 1 nitrogen and oxygen atoms in total. The molecule has 1 heterocycles. The molecule has 20 heavy (non-hydrogen) atoms. The third-order valence-corrected chi connectivity index (χ3v) is 7.25. The molecular formula is C18H26OS. The van der Waals surface area contributed by atoms with Crippen molar-refractivity contribution in [3.05, 3.63) is 22.4 Å². The lowest BCUT2D eigenvalue weighted by atomic mass is 9.39. The Morgan fingerprint density at radius 1 is 1.20 bits per heavy atom. The summed E-state index contributed by atoms with van der Waals surface area (Å²) in [5.41, 5.74) is 1.22. The maximum Gasteiger partial charge on any atom is 0.0645 e. The van der Waals surface area contributed by atoms with E-state index in [4.69, 9.17) is 0 Å². The van der Waals surface area contributed by atoms with E-state index >= 15 is 0 Å². The van der Waals surface area contributed by atoms with Gasteiger partial charge in [-0.25, -0.2) is 0 Å². The van der Waals surface area contributed by atoms with E-state index in [1.807, 2.05) is 0 Å². The van der Waals surface area contributed by atoms with Crippen LogP contribution in [0.5, 0.6) is 0 Å². The minimum Gasteiger partial charge on any atom is -0.392 e. The Kier molecular flexibility index (Phi) is 2.74. The molecule has 4 saturated carbocycles. The van der Waals surface area contributed by atoms with Crippen LogP contribution in [0.2, 0.25) is 0 Å². The third-order valence-electron chi connectivity index (χ3n) is 6.35. The first kappa shape index (κ1) is 13.3. The molecule has 3 atom stereocenters. The molecule has 1 aromatic rings. The smallest absolute Gasteiger partial charge is 0.0645 e. The van der Waals surface area contributed by atoms with Crippen LogP contribution in [0.25, 0.3) is 0 Å². The topological polar surface area (TPSA) is 20.2 Å². The van der Waals surface area contributed by atoms with E-state index in [0.717, 1.165) is 12.3 Å². The number of aliphatic hydroxyl groups excluding tert-OH is 1. The first-order valence-corrected chi connectivity index (χ1v) is 8.99. The Balaban J connectivity index is 1.63. The summed E-state index contributed by atoms with van der Waals surface area (Å²) in [6.07, 6.45) is 8.76. The van der Waals surface area contributed by atoms with Gasteiger partial charge in [-0.15, -0.1) is 11.3 Å². The largest absolute Gasteiger partial charge is 0.392 e. The number of thiophene rings is 1. The molecular weight excluding hydrogens is 264 g/mol. The Hall–Kier alpha value is -0.340. The fourth-order valence-corrected chi connectivity index (χ4v) is 7.49. The summed E-state index contributed by atoms with van der Waals surface area (Å²) in [4.78, 5) is 1.35. The molecule has 0 aromatic carbocycles. The molecule has 1 N–H and O–H groups in total. The number of hydrogen-bond acceptors (Lipinski definition) is 2. The molecule has 4 aliphatic rings. The molecule has 0 saturated heterocycles. The van der Waals surface area contributed by atoms with Crippen molar-refractivity contribution < 1.29 is 5.11 Å². The second kappa shape index (κ2) is 4.10. The van der Waals surface area contributed by atoms with Gasteiger partial charge in [-0.05, 0) is 72.1 Å². The molecule has 3 unspecified atom stereocenters. The van der Waals surface area contributed by atoms with Gasteiger partial charge in [0, 0.05) is 11.3 Å². The van der Waals surface area contributed by atoms with Gasteiger partial charge in [0.25, 0.3) is 0 Å². The Morgan fingerprint density at radius 2 is 1.90 bits per heavy atom. The number of aliphatic hydroxyl groups is 1. The van der Waals surface area contributed by atoms with Gasteiger partial charge >= 0.3 is 0 Å². The van der Waals surface area contributed by atoms with E-state index < -0.39 is 0 Å². The normalized spacial score (nSPS) is 47.6. The van der Waals surface area contributed by atoms with E-state index in [1.165, 1.54) is 43.4 Å². The Labute approximate surface area is 126 Å². The molecule has 1 aromatic heterocycles. The van der Waals surface area contributed by atoms with Crippen LogP contribution in [-0.4, -0.2) is 11.2 Å². The van der Waals surface area contributed by atoms with Crippen molar-refractivity contribution in [1.82, 2.24) is 0 Å². The zero-order valence-corrected chi connectivity index (χ0v) is 13.5. The lowest BCUT2D eigenvalue weighted by molar-refractivity contribution is -0.184. The Morgan fingerprint density at radius 3 is 2.45 bits per heavy atom. The third kappa shape index (κ3) is 1.99. The van der Waals surface area contributed by atoms with Gasteiger partial charge in [0.1, 0.15) is 0 Å². The van der Waals surface area contributed by atoms with E-state index in [2.05, 4.69) is 31.4 Å². The summed E-state index contributed by atoms with van der Waals surface area (Å²) in [5, 5.41) is 13.2. The summed E-state index contributed by atoms with van der Waals surface area (Å²) in [7, 11) is 0. The fourth-order valence-electron chi connectivity index (χ4n) is 6.74. The van der Waals surface area contributed by atoms with Crippen LogP contribution in [0.4, 0.5) is 0 Å². The van der Waals surface area contributed by atoms with Crippen LogP contribution >= 0.6 is 11.3 Å². The highest BCUT2D eigenvalue weighted by Crippen LogP contribution is 2.70. The van der Waals surface area contributed by atoms with Crippen molar-refractivity contribution >= 4 is 11.3 Å². The highest BCUT2D eigenvalue weighted by Gasteiger charge is 2.61. The molecule has 0 aliphatic heterocycles. The fraction of sp³-hybridized carbons (Fsp3) is 0.778. The summed E-state index contributed by atoms with van der Waals surface area (Å²) in [6.45, 7) is 4.98. The SMILES string of the molecule is CC12CC3CC(C)(C1)CC(C(O)Cc1cccs1)(C3)C2. The lowest BCUT2D eigenvalue weighted by Gasteiger charge is -2.66. The first-order chi connectivity index (χ1) is 9.41. The molecule has 2 heteroatoms. The van der Waals surface area contributed by atoms with E-state index in [9.17, 15) is 5.11 Å². The zero-order valence-electron chi connectivity index (χ0n) is 12.7. The van der Waals surface area contributed by atoms with Crippen LogP contribution in [0.1, 0.15) is 57.2 Å². The molecule has 4 fully saturated rings. The van der Waals surface area contributed by atoms with Gasteiger partial charge in [-0.1, -0.05) is 19.9 Å². The predicted octanol–water partition coefficient (Wildman–Crippen LogP) is 4.65. The van der Waals surface area contributed by atoms with Crippen LogP contribution in [-0.2, 0) is 6.42 Å². The maximum absolute atomic E-state index is 11.0. The molecule has 0 radical (unpaired) electrons. The second-order valence-corrected chi connectivity index (χ2v) is 9.82. The van der Waals surface area contributed by atoms with E-state index in [-0.39, 0.29) is 11.5 Å². The van der Waals surface area contributed by atoms with Gasteiger partial charge in [0.05, 0.1) is 6.10 Å². The maximum atomic E-state index is 11.0. The van der Waals surface area contributed by atoms with Crippen molar-refractivity contribution in [2.75, 3.05) is 0 Å². The molecule has 4 bridgehead atoms. The first-order valence-electron chi connectivity index (χ1n) is 8.11. The van der Waals surface area contributed by atoms with Crippen LogP contribution in [0, 0.1) is 22.2 Å². The number of rotatable bonds is 3. The van der Waals surface area contributed by atoms with E-state index in [1.54, 1.807) is 11.3 Å². The highest BCUT2D eigenvalue weighted by molar-refractivity contribution is 7.09. The van der Waals surface area contributed by atoms with Gasteiger partial charge in [0.2, 0.25) is 0 Å². The molecule has 4 aliphatic carbocycles. The van der Waals surface area contributed by atoms with Crippen LogP contribution in [0.15, 0.2) is 17.5 Å². The van der Waals surface area contributed by atoms with Gasteiger partial charge in [0.15, 0.2) is 0 Å². The molecule has 110 valence electrons. The van der Waals surface area contributed by atoms with Crippen LogP contribution in [0.3, 0.4) is 0 Å². The minimum absolute atomic E-state index is 0.136. The highest BCUT2D eigenvalue weighted by atomic mass is 32.1. The van der Waals surface area contributed by atoms with Crippen molar-refractivity contribution in [3.63, 3.8) is 0 Å². The van der Waals surface area contributed by atoms with Crippen LogP contribution < -0.4 is 0 Å².